The molecule has 2 aliphatic rings. The largest absolute Gasteiger partial charge is 0.473 e. The summed E-state index contributed by atoms with van der Waals surface area (Å²) in [6, 6.07) is 0. The van der Waals surface area contributed by atoms with E-state index >= 15 is 0 Å². The van der Waals surface area contributed by atoms with Gasteiger partial charge >= 0.3 is 0 Å². The van der Waals surface area contributed by atoms with Gasteiger partial charge in [0.2, 0.25) is 11.8 Å². The van der Waals surface area contributed by atoms with Crippen molar-refractivity contribution in [3.63, 3.8) is 0 Å². The third-order valence-electron chi connectivity index (χ3n) is 4.33. The molecule has 2 aliphatic heterocycles. The lowest BCUT2D eigenvalue weighted by Gasteiger charge is -2.52. The van der Waals surface area contributed by atoms with Gasteiger partial charge in [-0.25, -0.2) is 4.98 Å². The van der Waals surface area contributed by atoms with Gasteiger partial charge < -0.3 is 14.4 Å². The Hall–Kier alpha value is -1.69. The molecule has 120 valence electrons. The molecular formula is C16H23N3O3. The summed E-state index contributed by atoms with van der Waals surface area (Å²) in [6.07, 6.45) is 9.28. The van der Waals surface area contributed by atoms with Gasteiger partial charge in [0.05, 0.1) is 25.9 Å². The van der Waals surface area contributed by atoms with Crippen molar-refractivity contribution in [3.8, 4) is 5.88 Å². The third kappa shape index (κ3) is 3.38. The standard InChI is InChI=1S/C16H23N3O3/c1-2-3-4-15(20)19-11-16(12-19)9-13(5-8-21-16)22-14-10-17-6-7-18-14/h6-7,10,13H,2-5,8-9,11-12H2,1H3/t13-/m1/s1. The molecule has 1 aromatic heterocycles. The zero-order valence-electron chi connectivity index (χ0n) is 13.0. The molecule has 2 saturated heterocycles. The number of unbranched alkanes of at least 4 members (excludes halogenated alkanes) is 1. The second-order valence-electron chi connectivity index (χ2n) is 6.16. The highest BCUT2D eigenvalue weighted by molar-refractivity contribution is 5.77. The molecule has 2 fully saturated rings. The van der Waals surface area contributed by atoms with Crippen molar-refractivity contribution in [1.29, 1.82) is 0 Å². The van der Waals surface area contributed by atoms with Crippen LogP contribution in [-0.2, 0) is 9.53 Å². The van der Waals surface area contributed by atoms with Crippen LogP contribution in [0, 0.1) is 0 Å². The lowest BCUT2D eigenvalue weighted by molar-refractivity contribution is -0.193. The normalized spacial score (nSPS) is 23.1. The van der Waals surface area contributed by atoms with Gasteiger partial charge in [-0.2, -0.15) is 0 Å². The fraction of sp³-hybridized carbons (Fsp3) is 0.688. The highest BCUT2D eigenvalue weighted by atomic mass is 16.5. The van der Waals surface area contributed by atoms with Crippen LogP contribution in [0.2, 0.25) is 0 Å². The molecule has 0 aliphatic carbocycles. The Balaban J connectivity index is 1.51. The van der Waals surface area contributed by atoms with Crippen LogP contribution >= 0.6 is 0 Å². The Labute approximate surface area is 130 Å². The number of likely N-dealkylation sites (tertiary alicyclic amines) is 1. The number of carbonyl (C=O) groups excluding carboxylic acids is 1. The van der Waals surface area contributed by atoms with Gasteiger partial charge in [-0.05, 0) is 6.42 Å². The van der Waals surface area contributed by atoms with E-state index in [4.69, 9.17) is 9.47 Å². The smallest absolute Gasteiger partial charge is 0.232 e. The number of hydrogen-bond acceptors (Lipinski definition) is 5. The summed E-state index contributed by atoms with van der Waals surface area (Å²) in [5, 5.41) is 0. The van der Waals surface area contributed by atoms with Crippen molar-refractivity contribution in [2.45, 2.75) is 50.7 Å². The Bertz CT molecular complexity index is 503. The maximum absolute atomic E-state index is 12.0. The van der Waals surface area contributed by atoms with Crippen LogP contribution in [0.5, 0.6) is 5.88 Å². The Morgan fingerprint density at radius 2 is 2.36 bits per heavy atom. The van der Waals surface area contributed by atoms with E-state index in [2.05, 4.69) is 16.9 Å². The molecule has 1 spiro atoms. The minimum absolute atomic E-state index is 0.0818. The van der Waals surface area contributed by atoms with Gasteiger partial charge in [0.15, 0.2) is 0 Å². The first-order chi connectivity index (χ1) is 10.7. The summed E-state index contributed by atoms with van der Waals surface area (Å²) in [7, 11) is 0. The first-order valence-electron chi connectivity index (χ1n) is 8.05. The van der Waals surface area contributed by atoms with Crippen LogP contribution in [0.1, 0.15) is 39.0 Å². The second kappa shape index (κ2) is 6.60. The van der Waals surface area contributed by atoms with Crippen LogP contribution in [0.25, 0.3) is 0 Å². The summed E-state index contributed by atoms with van der Waals surface area (Å²) in [5.74, 6) is 0.799. The molecule has 22 heavy (non-hydrogen) atoms. The van der Waals surface area contributed by atoms with Crippen molar-refractivity contribution in [3.05, 3.63) is 18.6 Å². The SMILES string of the molecule is CCCCC(=O)N1CC2(C[C@H](Oc3cnccn3)CCO2)C1. The molecule has 0 unspecified atom stereocenters. The van der Waals surface area contributed by atoms with E-state index in [1.54, 1.807) is 18.6 Å². The van der Waals surface area contributed by atoms with Gasteiger partial charge in [0.25, 0.3) is 0 Å². The van der Waals surface area contributed by atoms with E-state index in [0.29, 0.717) is 32.0 Å². The number of amides is 1. The number of ether oxygens (including phenoxy) is 2. The van der Waals surface area contributed by atoms with E-state index < -0.39 is 0 Å². The average molecular weight is 305 g/mol. The van der Waals surface area contributed by atoms with Crippen LogP contribution in [0.4, 0.5) is 0 Å². The molecule has 0 bridgehead atoms. The third-order valence-corrected chi connectivity index (χ3v) is 4.33. The molecule has 0 aromatic carbocycles. The number of hydrogen-bond donors (Lipinski definition) is 0. The molecule has 3 rings (SSSR count). The molecule has 1 aromatic rings. The van der Waals surface area contributed by atoms with Crippen LogP contribution < -0.4 is 4.74 Å². The summed E-state index contributed by atoms with van der Waals surface area (Å²) >= 11 is 0. The molecule has 1 atom stereocenters. The van der Waals surface area contributed by atoms with Crippen LogP contribution in [-0.4, -0.2) is 52.2 Å². The fourth-order valence-electron chi connectivity index (χ4n) is 3.13. The minimum atomic E-state index is -0.215. The lowest BCUT2D eigenvalue weighted by Crippen LogP contribution is -2.67. The number of nitrogens with zero attached hydrogens (tertiary/aromatic N) is 3. The molecule has 3 heterocycles. The average Bonchev–Trinajstić information content (AvgIpc) is 2.51. The molecule has 0 radical (unpaired) electrons. The summed E-state index contributed by atoms with van der Waals surface area (Å²) in [5.41, 5.74) is -0.215. The first-order valence-corrected chi connectivity index (χ1v) is 8.05. The van der Waals surface area contributed by atoms with Crippen molar-refractivity contribution in [1.82, 2.24) is 14.9 Å². The van der Waals surface area contributed by atoms with Gasteiger partial charge in [-0.3, -0.25) is 9.78 Å². The number of rotatable bonds is 5. The Kier molecular flexibility index (Phi) is 4.57. The molecule has 6 heteroatoms. The van der Waals surface area contributed by atoms with Crippen molar-refractivity contribution >= 4 is 5.91 Å². The quantitative estimate of drug-likeness (QED) is 0.830. The lowest BCUT2D eigenvalue weighted by atomic mass is 9.84. The van der Waals surface area contributed by atoms with E-state index in [0.717, 1.165) is 25.7 Å². The number of aromatic nitrogens is 2. The van der Waals surface area contributed by atoms with Gasteiger partial charge in [-0.1, -0.05) is 13.3 Å². The van der Waals surface area contributed by atoms with E-state index in [-0.39, 0.29) is 17.6 Å². The zero-order valence-corrected chi connectivity index (χ0v) is 13.0. The highest BCUT2D eigenvalue weighted by Gasteiger charge is 2.49. The predicted molar refractivity (Wildman–Crippen MR) is 80.5 cm³/mol. The Morgan fingerprint density at radius 1 is 1.50 bits per heavy atom. The molecular weight excluding hydrogens is 282 g/mol. The molecule has 1 amide bonds. The second-order valence-corrected chi connectivity index (χ2v) is 6.16. The van der Waals surface area contributed by atoms with Gasteiger partial charge in [0, 0.05) is 31.7 Å². The van der Waals surface area contributed by atoms with E-state index in [9.17, 15) is 4.79 Å². The molecule has 6 nitrogen and oxygen atoms in total. The highest BCUT2D eigenvalue weighted by Crippen LogP contribution is 2.35. The monoisotopic (exact) mass is 305 g/mol. The predicted octanol–water partition coefficient (Wildman–Crippen LogP) is 1.81. The molecule has 0 saturated carbocycles. The van der Waals surface area contributed by atoms with E-state index in [1.807, 2.05) is 4.90 Å². The maximum Gasteiger partial charge on any atom is 0.232 e. The van der Waals surface area contributed by atoms with Gasteiger partial charge in [0.1, 0.15) is 11.7 Å². The van der Waals surface area contributed by atoms with Crippen molar-refractivity contribution < 1.29 is 14.3 Å². The first kappa shape index (κ1) is 15.2. The van der Waals surface area contributed by atoms with E-state index in [1.165, 1.54) is 0 Å². The zero-order chi connectivity index (χ0) is 15.4. The van der Waals surface area contributed by atoms with Crippen molar-refractivity contribution in [2.24, 2.45) is 0 Å². The summed E-state index contributed by atoms with van der Waals surface area (Å²) in [4.78, 5) is 22.1. The topological polar surface area (TPSA) is 64.6 Å². The summed E-state index contributed by atoms with van der Waals surface area (Å²) in [6.45, 7) is 4.15. The summed E-state index contributed by atoms with van der Waals surface area (Å²) < 4.78 is 11.8. The van der Waals surface area contributed by atoms with Crippen LogP contribution in [0.15, 0.2) is 18.6 Å². The molecule has 0 N–H and O–H groups in total. The number of carbonyl (C=O) groups is 1. The Morgan fingerprint density at radius 3 is 3.09 bits per heavy atom. The van der Waals surface area contributed by atoms with Crippen molar-refractivity contribution in [2.75, 3.05) is 19.7 Å². The fourth-order valence-corrected chi connectivity index (χ4v) is 3.13. The minimum Gasteiger partial charge on any atom is -0.473 e. The van der Waals surface area contributed by atoms with Crippen LogP contribution in [0.3, 0.4) is 0 Å². The van der Waals surface area contributed by atoms with Gasteiger partial charge in [-0.15, -0.1) is 0 Å². The maximum atomic E-state index is 12.0.